The quantitative estimate of drug-likeness (QED) is 0.921. The molecule has 20 heavy (non-hydrogen) atoms. The van der Waals surface area contributed by atoms with Gasteiger partial charge in [-0.1, -0.05) is 6.92 Å². The second-order valence-electron chi connectivity index (χ2n) is 5.85. The van der Waals surface area contributed by atoms with Gasteiger partial charge < -0.3 is 10.6 Å². The van der Waals surface area contributed by atoms with E-state index in [1.165, 1.54) is 5.56 Å². The molecule has 1 aromatic heterocycles. The minimum Gasteiger partial charge on any atom is -0.337 e. The molecule has 1 aromatic rings. The van der Waals surface area contributed by atoms with Gasteiger partial charge in [0.15, 0.2) is 0 Å². The monoisotopic (exact) mass is 293 g/mol. The van der Waals surface area contributed by atoms with Gasteiger partial charge in [0, 0.05) is 38.1 Å². The van der Waals surface area contributed by atoms with E-state index in [0.29, 0.717) is 18.0 Å². The number of nitrogens with zero attached hydrogens (tertiary/aromatic N) is 2. The van der Waals surface area contributed by atoms with Crippen molar-refractivity contribution in [2.75, 3.05) is 19.6 Å². The predicted molar refractivity (Wildman–Crippen MR) is 81.6 cm³/mol. The highest BCUT2D eigenvalue weighted by atomic mass is 32.1. The summed E-state index contributed by atoms with van der Waals surface area (Å²) in [6.45, 7) is 4.93. The third-order valence-electron chi connectivity index (χ3n) is 4.68. The molecule has 2 aliphatic rings. The van der Waals surface area contributed by atoms with Crippen LogP contribution < -0.4 is 5.73 Å². The zero-order chi connectivity index (χ0) is 14.1. The van der Waals surface area contributed by atoms with Gasteiger partial charge in [-0.25, -0.2) is 0 Å². The van der Waals surface area contributed by atoms with Crippen LogP contribution in [0.4, 0.5) is 0 Å². The largest absolute Gasteiger partial charge is 0.337 e. The van der Waals surface area contributed by atoms with Gasteiger partial charge in [0.25, 0.3) is 0 Å². The zero-order valence-electron chi connectivity index (χ0n) is 12.0. The average Bonchev–Trinajstić information content (AvgIpc) is 3.10. The Morgan fingerprint density at radius 3 is 3.05 bits per heavy atom. The lowest BCUT2D eigenvalue weighted by Crippen LogP contribution is -2.54. The molecule has 3 atom stereocenters. The van der Waals surface area contributed by atoms with E-state index >= 15 is 0 Å². The number of carbonyl (C=O) groups is 1. The minimum atomic E-state index is 0.160. The van der Waals surface area contributed by atoms with E-state index < -0.39 is 0 Å². The van der Waals surface area contributed by atoms with E-state index in [1.54, 1.807) is 11.3 Å². The van der Waals surface area contributed by atoms with E-state index in [1.807, 2.05) is 0 Å². The molecule has 0 spiro atoms. The van der Waals surface area contributed by atoms with Crippen molar-refractivity contribution < 1.29 is 4.79 Å². The molecule has 1 amide bonds. The molecule has 0 bridgehead atoms. The molecule has 2 aliphatic heterocycles. The van der Waals surface area contributed by atoms with Crippen LogP contribution in [0, 0.1) is 0 Å². The molecule has 3 unspecified atom stereocenters. The van der Waals surface area contributed by atoms with Crippen LogP contribution in [0.25, 0.3) is 0 Å². The summed E-state index contributed by atoms with van der Waals surface area (Å²) in [5, 5.41) is 4.34. The maximum Gasteiger partial charge on any atom is 0.222 e. The Kier molecular flexibility index (Phi) is 4.10. The average molecular weight is 293 g/mol. The van der Waals surface area contributed by atoms with Crippen molar-refractivity contribution in [1.29, 1.82) is 0 Å². The maximum absolute atomic E-state index is 11.8. The van der Waals surface area contributed by atoms with Crippen LogP contribution >= 0.6 is 11.3 Å². The van der Waals surface area contributed by atoms with Gasteiger partial charge in [-0.3, -0.25) is 9.69 Å². The minimum absolute atomic E-state index is 0.160. The SMILES string of the molecule is CCC(N)C(c1ccsc1)N1CCN2C(=O)CCC2C1. The molecule has 5 heteroatoms. The number of fused-ring (bicyclic) bond motifs is 1. The van der Waals surface area contributed by atoms with Gasteiger partial charge in [-0.15, -0.1) is 0 Å². The molecule has 0 saturated carbocycles. The van der Waals surface area contributed by atoms with Crippen LogP contribution in [0.2, 0.25) is 0 Å². The first kappa shape index (κ1) is 14.0. The molecule has 3 heterocycles. The summed E-state index contributed by atoms with van der Waals surface area (Å²) in [5.41, 5.74) is 7.72. The number of carbonyl (C=O) groups excluding carboxylic acids is 1. The number of nitrogens with two attached hydrogens (primary N) is 1. The standard InChI is InChI=1S/C15H23N3OS/c1-2-13(16)15(11-5-8-20-10-11)17-6-7-18-12(9-17)3-4-14(18)19/h5,8,10,12-13,15H,2-4,6-7,9,16H2,1H3. The molecule has 0 aliphatic carbocycles. The summed E-state index contributed by atoms with van der Waals surface area (Å²) < 4.78 is 0. The normalized spacial score (nSPS) is 26.6. The Labute approximate surface area is 124 Å². The lowest BCUT2D eigenvalue weighted by atomic mass is 9.97. The lowest BCUT2D eigenvalue weighted by Gasteiger charge is -2.43. The van der Waals surface area contributed by atoms with Crippen molar-refractivity contribution >= 4 is 17.2 Å². The number of rotatable bonds is 4. The molecule has 0 radical (unpaired) electrons. The Balaban J connectivity index is 1.77. The smallest absolute Gasteiger partial charge is 0.222 e. The molecule has 2 N–H and O–H groups in total. The van der Waals surface area contributed by atoms with Crippen LogP contribution in [-0.2, 0) is 4.79 Å². The third kappa shape index (κ3) is 2.50. The molecule has 4 nitrogen and oxygen atoms in total. The Morgan fingerprint density at radius 2 is 2.35 bits per heavy atom. The van der Waals surface area contributed by atoms with Crippen LogP contribution in [-0.4, -0.2) is 47.4 Å². The molecule has 0 aromatic carbocycles. The fourth-order valence-corrected chi connectivity index (χ4v) is 4.23. The van der Waals surface area contributed by atoms with E-state index in [9.17, 15) is 4.79 Å². The fraction of sp³-hybridized carbons (Fsp3) is 0.667. The van der Waals surface area contributed by atoms with E-state index in [0.717, 1.165) is 38.9 Å². The number of piperazine rings is 1. The lowest BCUT2D eigenvalue weighted by molar-refractivity contribution is -0.131. The van der Waals surface area contributed by atoms with Crippen LogP contribution in [0.15, 0.2) is 16.8 Å². The highest BCUT2D eigenvalue weighted by molar-refractivity contribution is 7.07. The molecule has 2 fully saturated rings. The van der Waals surface area contributed by atoms with Crippen LogP contribution in [0.3, 0.4) is 0 Å². The molecule has 110 valence electrons. The van der Waals surface area contributed by atoms with Gasteiger partial charge in [-0.2, -0.15) is 11.3 Å². The second kappa shape index (κ2) is 5.84. The number of hydrogen-bond donors (Lipinski definition) is 1. The van der Waals surface area contributed by atoms with Crippen LogP contribution in [0.5, 0.6) is 0 Å². The Bertz CT molecular complexity index is 462. The summed E-state index contributed by atoms with van der Waals surface area (Å²) in [6.07, 6.45) is 2.71. The van der Waals surface area contributed by atoms with Crippen molar-refractivity contribution in [3.8, 4) is 0 Å². The Hall–Kier alpha value is -0.910. The first-order chi connectivity index (χ1) is 9.70. The molecular formula is C15H23N3OS. The highest BCUT2D eigenvalue weighted by Gasteiger charge is 2.38. The van der Waals surface area contributed by atoms with Crippen molar-refractivity contribution in [2.24, 2.45) is 5.73 Å². The van der Waals surface area contributed by atoms with E-state index in [2.05, 4.69) is 33.6 Å². The maximum atomic E-state index is 11.8. The topological polar surface area (TPSA) is 49.6 Å². The van der Waals surface area contributed by atoms with Crippen molar-refractivity contribution in [2.45, 2.75) is 44.3 Å². The summed E-state index contributed by atoms with van der Waals surface area (Å²) >= 11 is 1.73. The first-order valence-corrected chi connectivity index (χ1v) is 8.46. The van der Waals surface area contributed by atoms with Crippen molar-refractivity contribution in [3.05, 3.63) is 22.4 Å². The summed E-state index contributed by atoms with van der Waals surface area (Å²) in [6, 6.07) is 3.05. The third-order valence-corrected chi connectivity index (χ3v) is 5.38. The second-order valence-corrected chi connectivity index (χ2v) is 6.63. The van der Waals surface area contributed by atoms with Gasteiger partial charge in [-0.05, 0) is 35.2 Å². The van der Waals surface area contributed by atoms with E-state index in [4.69, 9.17) is 5.73 Å². The van der Waals surface area contributed by atoms with Gasteiger partial charge >= 0.3 is 0 Å². The van der Waals surface area contributed by atoms with E-state index in [-0.39, 0.29) is 6.04 Å². The van der Waals surface area contributed by atoms with Crippen molar-refractivity contribution in [3.63, 3.8) is 0 Å². The van der Waals surface area contributed by atoms with Gasteiger partial charge in [0.05, 0.1) is 6.04 Å². The zero-order valence-corrected chi connectivity index (χ0v) is 12.8. The summed E-state index contributed by atoms with van der Waals surface area (Å²) in [7, 11) is 0. The first-order valence-electron chi connectivity index (χ1n) is 7.52. The fourth-order valence-electron chi connectivity index (χ4n) is 3.54. The predicted octanol–water partition coefficient (Wildman–Crippen LogP) is 1.83. The Morgan fingerprint density at radius 1 is 1.50 bits per heavy atom. The number of hydrogen-bond acceptors (Lipinski definition) is 4. The summed E-state index contributed by atoms with van der Waals surface area (Å²) in [4.78, 5) is 16.4. The van der Waals surface area contributed by atoms with Gasteiger partial charge in [0.1, 0.15) is 0 Å². The number of amides is 1. The molecule has 2 saturated heterocycles. The number of thiophene rings is 1. The summed E-state index contributed by atoms with van der Waals surface area (Å²) in [5.74, 6) is 0.335. The van der Waals surface area contributed by atoms with Crippen LogP contribution in [0.1, 0.15) is 37.8 Å². The van der Waals surface area contributed by atoms with Gasteiger partial charge in [0.2, 0.25) is 5.91 Å². The molecule has 3 rings (SSSR count). The molecular weight excluding hydrogens is 270 g/mol. The highest BCUT2D eigenvalue weighted by Crippen LogP contribution is 2.31. The van der Waals surface area contributed by atoms with Crippen molar-refractivity contribution in [1.82, 2.24) is 9.80 Å².